The number of carbonyl (C=O) groups excluding carboxylic acids is 1. The molecule has 1 aliphatic heterocycles. The molecule has 2 aromatic rings. The van der Waals surface area contributed by atoms with E-state index >= 15 is 0 Å². The quantitative estimate of drug-likeness (QED) is 0.937. The fourth-order valence-electron chi connectivity index (χ4n) is 2.42. The SMILES string of the molecule is O=C(Cc1ccc(Br)cc1)C1Cc2ccccc2N1. The monoisotopic (exact) mass is 315 g/mol. The molecule has 0 amide bonds. The maximum atomic E-state index is 12.3. The molecule has 3 rings (SSSR count). The normalized spacial score (nSPS) is 16.8. The van der Waals surface area contributed by atoms with Gasteiger partial charge in [-0.1, -0.05) is 46.3 Å². The van der Waals surface area contributed by atoms with E-state index in [2.05, 4.69) is 27.3 Å². The Balaban J connectivity index is 1.68. The average Bonchev–Trinajstić information content (AvgIpc) is 2.85. The van der Waals surface area contributed by atoms with Crippen LogP contribution in [0.5, 0.6) is 0 Å². The van der Waals surface area contributed by atoms with E-state index in [0.29, 0.717) is 6.42 Å². The lowest BCUT2D eigenvalue weighted by Gasteiger charge is -2.10. The van der Waals surface area contributed by atoms with Crippen molar-refractivity contribution in [2.45, 2.75) is 18.9 Å². The topological polar surface area (TPSA) is 29.1 Å². The minimum atomic E-state index is -0.0824. The van der Waals surface area contributed by atoms with Crippen molar-refractivity contribution in [2.75, 3.05) is 5.32 Å². The van der Waals surface area contributed by atoms with Gasteiger partial charge in [-0.05, 0) is 29.3 Å². The van der Waals surface area contributed by atoms with Gasteiger partial charge in [-0.15, -0.1) is 0 Å². The van der Waals surface area contributed by atoms with Gasteiger partial charge in [0.2, 0.25) is 0 Å². The number of para-hydroxylation sites is 1. The Morgan fingerprint density at radius 3 is 2.63 bits per heavy atom. The molecule has 96 valence electrons. The zero-order chi connectivity index (χ0) is 13.2. The third-order valence-corrected chi connectivity index (χ3v) is 3.98. The summed E-state index contributed by atoms with van der Waals surface area (Å²) in [6, 6.07) is 16.0. The van der Waals surface area contributed by atoms with Crippen molar-refractivity contribution < 1.29 is 4.79 Å². The summed E-state index contributed by atoms with van der Waals surface area (Å²) in [6.07, 6.45) is 1.28. The number of hydrogen-bond acceptors (Lipinski definition) is 2. The second-order valence-electron chi connectivity index (χ2n) is 4.83. The van der Waals surface area contributed by atoms with E-state index in [9.17, 15) is 4.79 Å². The lowest BCUT2D eigenvalue weighted by atomic mass is 10.0. The highest BCUT2D eigenvalue weighted by molar-refractivity contribution is 9.10. The van der Waals surface area contributed by atoms with Crippen LogP contribution in [0, 0.1) is 0 Å². The summed E-state index contributed by atoms with van der Waals surface area (Å²) in [5.74, 6) is 0.249. The smallest absolute Gasteiger partial charge is 0.159 e. The number of anilines is 1. The molecular weight excluding hydrogens is 302 g/mol. The van der Waals surface area contributed by atoms with Gasteiger partial charge in [0.05, 0.1) is 6.04 Å². The number of Topliss-reactive ketones (excluding diaryl/α,β-unsaturated/α-hetero) is 1. The number of hydrogen-bond donors (Lipinski definition) is 1. The Morgan fingerprint density at radius 2 is 1.89 bits per heavy atom. The number of rotatable bonds is 3. The van der Waals surface area contributed by atoms with Crippen molar-refractivity contribution in [1.82, 2.24) is 0 Å². The molecule has 1 unspecified atom stereocenters. The first-order valence-electron chi connectivity index (χ1n) is 6.34. The molecule has 0 bridgehead atoms. The van der Waals surface area contributed by atoms with Crippen molar-refractivity contribution in [2.24, 2.45) is 0 Å². The summed E-state index contributed by atoms with van der Waals surface area (Å²) in [5.41, 5.74) is 3.39. The number of halogens is 1. The Bertz CT molecular complexity index is 581. The van der Waals surface area contributed by atoms with E-state index in [1.54, 1.807) is 0 Å². The van der Waals surface area contributed by atoms with Crippen molar-refractivity contribution >= 4 is 27.4 Å². The Kier molecular flexibility index (Phi) is 3.38. The van der Waals surface area contributed by atoms with Gasteiger partial charge in [0.25, 0.3) is 0 Å². The molecule has 0 spiro atoms. The first kappa shape index (κ1) is 12.4. The van der Waals surface area contributed by atoms with Crippen LogP contribution in [0.4, 0.5) is 5.69 Å². The van der Waals surface area contributed by atoms with E-state index in [4.69, 9.17) is 0 Å². The van der Waals surface area contributed by atoms with E-state index in [1.165, 1.54) is 5.56 Å². The fraction of sp³-hybridized carbons (Fsp3) is 0.188. The highest BCUT2D eigenvalue weighted by atomic mass is 79.9. The van der Waals surface area contributed by atoms with Gasteiger partial charge >= 0.3 is 0 Å². The first-order chi connectivity index (χ1) is 9.22. The molecule has 0 aliphatic carbocycles. The summed E-state index contributed by atoms with van der Waals surface area (Å²) in [4.78, 5) is 12.3. The highest BCUT2D eigenvalue weighted by Gasteiger charge is 2.25. The number of nitrogens with one attached hydrogen (secondary N) is 1. The molecule has 19 heavy (non-hydrogen) atoms. The molecule has 2 aromatic carbocycles. The van der Waals surface area contributed by atoms with E-state index in [1.807, 2.05) is 42.5 Å². The predicted molar refractivity (Wildman–Crippen MR) is 80.4 cm³/mol. The van der Waals surface area contributed by atoms with Crippen molar-refractivity contribution in [1.29, 1.82) is 0 Å². The highest BCUT2D eigenvalue weighted by Crippen LogP contribution is 2.26. The van der Waals surface area contributed by atoms with Gasteiger partial charge in [-0.2, -0.15) is 0 Å². The van der Waals surface area contributed by atoms with Crippen LogP contribution in [0.3, 0.4) is 0 Å². The van der Waals surface area contributed by atoms with Crippen LogP contribution >= 0.6 is 15.9 Å². The standard InChI is InChI=1S/C16H14BrNO/c17-13-7-5-11(6-8-13)9-16(19)15-10-12-3-1-2-4-14(12)18-15/h1-8,15,18H,9-10H2. The first-order valence-corrected chi connectivity index (χ1v) is 7.13. The molecule has 0 aromatic heterocycles. The third kappa shape index (κ3) is 2.71. The van der Waals surface area contributed by atoms with Crippen LogP contribution in [-0.4, -0.2) is 11.8 Å². The van der Waals surface area contributed by atoms with Gasteiger partial charge in [0, 0.05) is 23.0 Å². The molecular formula is C16H14BrNO. The molecule has 1 atom stereocenters. The van der Waals surface area contributed by atoms with Crippen LogP contribution in [0.2, 0.25) is 0 Å². The van der Waals surface area contributed by atoms with E-state index in [0.717, 1.165) is 22.1 Å². The van der Waals surface area contributed by atoms with E-state index < -0.39 is 0 Å². The summed E-state index contributed by atoms with van der Waals surface area (Å²) in [5, 5.41) is 3.31. The molecule has 3 heteroatoms. The lowest BCUT2D eigenvalue weighted by molar-refractivity contribution is -0.119. The summed E-state index contributed by atoms with van der Waals surface area (Å²) >= 11 is 3.40. The minimum absolute atomic E-state index is 0.0824. The molecule has 1 heterocycles. The van der Waals surface area contributed by atoms with Crippen molar-refractivity contribution in [3.05, 3.63) is 64.1 Å². The second kappa shape index (κ2) is 5.17. The second-order valence-corrected chi connectivity index (χ2v) is 5.74. The van der Waals surface area contributed by atoms with E-state index in [-0.39, 0.29) is 11.8 Å². The Morgan fingerprint density at radius 1 is 1.16 bits per heavy atom. The van der Waals surface area contributed by atoms with Gasteiger partial charge < -0.3 is 5.32 Å². The summed E-state index contributed by atoms with van der Waals surface area (Å²) in [6.45, 7) is 0. The summed E-state index contributed by atoms with van der Waals surface area (Å²) < 4.78 is 1.04. The third-order valence-electron chi connectivity index (χ3n) is 3.45. The maximum Gasteiger partial charge on any atom is 0.159 e. The van der Waals surface area contributed by atoms with Gasteiger partial charge in [-0.25, -0.2) is 0 Å². The van der Waals surface area contributed by atoms with Crippen LogP contribution in [0.25, 0.3) is 0 Å². The minimum Gasteiger partial charge on any atom is -0.375 e. The Hall–Kier alpha value is -1.61. The van der Waals surface area contributed by atoms with Crippen molar-refractivity contribution in [3.63, 3.8) is 0 Å². The van der Waals surface area contributed by atoms with Crippen molar-refractivity contribution in [3.8, 4) is 0 Å². The number of carbonyl (C=O) groups is 1. The predicted octanol–water partition coefficient (Wildman–Crippen LogP) is 3.60. The molecule has 0 saturated heterocycles. The zero-order valence-electron chi connectivity index (χ0n) is 10.4. The molecule has 0 saturated carbocycles. The van der Waals surface area contributed by atoms with Gasteiger partial charge in [-0.3, -0.25) is 4.79 Å². The largest absolute Gasteiger partial charge is 0.375 e. The molecule has 0 fully saturated rings. The summed E-state index contributed by atoms with van der Waals surface area (Å²) in [7, 11) is 0. The lowest BCUT2D eigenvalue weighted by Crippen LogP contribution is -2.28. The number of fused-ring (bicyclic) bond motifs is 1. The number of benzene rings is 2. The van der Waals surface area contributed by atoms with Gasteiger partial charge in [0.15, 0.2) is 5.78 Å². The maximum absolute atomic E-state index is 12.3. The average molecular weight is 316 g/mol. The molecule has 1 aliphatic rings. The van der Waals surface area contributed by atoms with Crippen LogP contribution in [-0.2, 0) is 17.6 Å². The zero-order valence-corrected chi connectivity index (χ0v) is 12.0. The fourth-order valence-corrected chi connectivity index (χ4v) is 2.68. The molecule has 1 N–H and O–H groups in total. The number of ketones is 1. The Labute approximate surface area is 121 Å². The molecule has 0 radical (unpaired) electrons. The van der Waals surface area contributed by atoms with Crippen LogP contribution in [0.1, 0.15) is 11.1 Å². The van der Waals surface area contributed by atoms with Gasteiger partial charge in [0.1, 0.15) is 0 Å². The molecule has 2 nitrogen and oxygen atoms in total. The van der Waals surface area contributed by atoms with Crippen LogP contribution in [0.15, 0.2) is 53.0 Å². The van der Waals surface area contributed by atoms with Crippen LogP contribution < -0.4 is 5.32 Å².